The minimum absolute atomic E-state index is 0.287. The molecule has 0 spiro atoms. The third-order valence-corrected chi connectivity index (χ3v) is 38.5. The first kappa shape index (κ1) is 97.3. The third kappa shape index (κ3) is 20.7. The zero-order valence-corrected chi connectivity index (χ0v) is 88.4. The third-order valence-electron chi connectivity index (χ3n) is 28.7. The van der Waals surface area contributed by atoms with Gasteiger partial charge in [0.05, 0.1) is 0 Å². The highest BCUT2D eigenvalue weighted by atomic mass is 32.2. The molecule has 0 unspecified atom stereocenters. The summed E-state index contributed by atoms with van der Waals surface area (Å²) < 4.78 is 0. The van der Waals surface area contributed by atoms with E-state index in [1.165, 1.54) is 139 Å². The molecule has 0 saturated heterocycles. The van der Waals surface area contributed by atoms with Crippen molar-refractivity contribution in [1.82, 2.24) is 0 Å². The Labute approximate surface area is 855 Å². The summed E-state index contributed by atoms with van der Waals surface area (Å²) in [6, 6.07) is 165. The Kier molecular flexibility index (Phi) is 28.9. The van der Waals surface area contributed by atoms with Crippen LogP contribution in [0.15, 0.2) is 515 Å². The quantitative estimate of drug-likeness (QED) is 0.0404. The number of rotatable bonds is 32. The molecule has 138 heavy (non-hydrogen) atoms. The fourth-order valence-corrected chi connectivity index (χ4v) is 28.4. The Morgan fingerprint density at radius 2 is 0.188 bits per heavy atom. The van der Waals surface area contributed by atoms with Crippen LogP contribution in [0.2, 0.25) is 0 Å². The maximum atomic E-state index is 2.42. The van der Waals surface area contributed by atoms with Crippen molar-refractivity contribution in [3.05, 3.63) is 526 Å². The van der Waals surface area contributed by atoms with Crippen LogP contribution in [-0.4, -0.2) is 0 Å². The Morgan fingerprint density at radius 1 is 0.101 bits per heavy atom. The molecule has 0 nitrogen and oxygen atoms in total. The van der Waals surface area contributed by atoms with Crippen molar-refractivity contribution in [3.8, 4) is 0 Å². The zero-order valence-electron chi connectivity index (χ0n) is 81.8. The molecule has 8 heteroatoms. The summed E-state index contributed by atoms with van der Waals surface area (Å²) in [7, 11) is 0. The number of fused-ring (bicyclic) bond motifs is 1. The minimum atomic E-state index is -0.297. The summed E-state index contributed by atoms with van der Waals surface area (Å²) in [5.74, 6) is 0. The highest BCUT2D eigenvalue weighted by Gasteiger charge is 2.37. The van der Waals surface area contributed by atoms with Gasteiger partial charge in [-0.1, -0.05) is 545 Å². The van der Waals surface area contributed by atoms with Crippen LogP contribution < -0.4 is 0 Å². The van der Waals surface area contributed by atoms with Crippen molar-refractivity contribution in [2.24, 2.45) is 0 Å². The van der Waals surface area contributed by atoms with Gasteiger partial charge in [0.2, 0.25) is 0 Å². The summed E-state index contributed by atoms with van der Waals surface area (Å²) in [6.45, 7) is 37.9. The Morgan fingerprint density at radius 3 is 0.290 bits per heavy atom. The summed E-state index contributed by atoms with van der Waals surface area (Å²) >= 11 is 15.3. The predicted octanol–water partition coefficient (Wildman–Crippen LogP) is 38.7. The predicted molar refractivity (Wildman–Crippen MR) is 597 cm³/mol. The maximum absolute atomic E-state index is 2.42. The van der Waals surface area contributed by atoms with Gasteiger partial charge in [0, 0.05) is 132 Å². The smallest absolute Gasteiger partial charge is 0.0420 e. The largest absolute Gasteiger partial charge is 0.0882 e. The lowest BCUT2D eigenvalue weighted by Gasteiger charge is -2.30. The van der Waals surface area contributed by atoms with E-state index in [-0.39, 0.29) is 43.3 Å². The molecule has 0 aromatic heterocycles. The van der Waals surface area contributed by atoms with E-state index in [1.54, 1.807) is 0 Å². The molecule has 0 saturated carbocycles. The molecule has 0 heterocycles. The van der Waals surface area contributed by atoms with Gasteiger partial charge in [-0.15, -0.1) is 0 Å². The normalized spacial score (nSPS) is 12.4. The lowest BCUT2D eigenvalue weighted by molar-refractivity contribution is 0.640. The number of benzene rings is 18. The standard InChI is InChI=1S/C130H120S8/c1-123(2,89-41-25-17-26-42-89)97-57-73-105(74-58-97)131-115-113-114(117(133-107-77-61-99(62-78-107)125(5,6)91-45-29-19-30-46-91)120(136-110-83-67-102(68-84-110)128(11,12)94-51-35-22-36-52-94)119(115)135-109-81-65-101(66-82-109)127(9,10)93-49-33-21-34-50-93)118(134-108-79-63-100(64-80-108)126(7,8)92-47-31-20-32-48-92)122(138-112-87-71-104(72-88-112)130(15,16)96-55-39-24-40-56-96)121(137-111-85-69-103(70-86-111)129(13,14)95-53-37-23-38-54-95)116(113)132-106-75-59-98(60-76-106)124(3,4)90-43-27-18-28-44-90/h17-88H,1-16H3. The lowest BCUT2D eigenvalue weighted by atomic mass is 9.78. The molecule has 0 radical (unpaired) electrons. The molecule has 0 aliphatic carbocycles. The summed E-state index contributed by atoms with van der Waals surface area (Å²) in [6.07, 6.45) is 0. The molecule has 18 rings (SSSR count). The molecular formula is C130H120S8. The van der Waals surface area contributed by atoms with Gasteiger partial charge >= 0.3 is 0 Å². The molecule has 18 aromatic carbocycles. The van der Waals surface area contributed by atoms with Crippen molar-refractivity contribution in [2.75, 3.05) is 0 Å². The molecule has 0 N–H and O–H groups in total. The van der Waals surface area contributed by atoms with Crippen LogP contribution in [0.3, 0.4) is 0 Å². The Balaban J connectivity index is 1.00. The van der Waals surface area contributed by atoms with Gasteiger partial charge in [0.15, 0.2) is 0 Å². The fourth-order valence-electron chi connectivity index (χ4n) is 18.9. The van der Waals surface area contributed by atoms with Crippen molar-refractivity contribution in [2.45, 2.75) is 232 Å². The molecule has 18 aromatic rings. The second-order valence-corrected chi connectivity index (χ2v) is 49.0. The van der Waals surface area contributed by atoms with Gasteiger partial charge in [0.1, 0.15) is 0 Å². The van der Waals surface area contributed by atoms with E-state index in [9.17, 15) is 0 Å². The number of hydrogen-bond acceptors (Lipinski definition) is 8. The topological polar surface area (TPSA) is 0 Å². The van der Waals surface area contributed by atoms with Crippen LogP contribution in [0.25, 0.3) is 10.8 Å². The first-order valence-corrected chi connectivity index (χ1v) is 54.4. The van der Waals surface area contributed by atoms with E-state index in [1.807, 2.05) is 94.1 Å². The molecular weight excluding hydrogens is 1820 g/mol. The van der Waals surface area contributed by atoms with Crippen LogP contribution in [0.4, 0.5) is 0 Å². The van der Waals surface area contributed by atoms with Gasteiger partial charge in [-0.2, -0.15) is 0 Å². The van der Waals surface area contributed by atoms with Crippen LogP contribution in [0, 0.1) is 0 Å². The summed E-state index contributed by atoms with van der Waals surface area (Å²) in [5.41, 5.74) is 17.8. The minimum Gasteiger partial charge on any atom is -0.0882 e. The Bertz CT molecular complexity index is 6320. The van der Waals surface area contributed by atoms with Crippen molar-refractivity contribution >= 4 is 105 Å². The molecule has 0 bridgehead atoms. The van der Waals surface area contributed by atoms with Crippen LogP contribution in [0.5, 0.6) is 0 Å². The van der Waals surface area contributed by atoms with E-state index in [0.717, 1.165) is 39.2 Å². The Hall–Kier alpha value is -11.0. The van der Waals surface area contributed by atoms with Crippen LogP contribution in [0.1, 0.15) is 200 Å². The SMILES string of the molecule is CC(C)(c1ccccc1)c1ccc(Sc2c(Sc3ccc(C(C)(C)c4ccccc4)cc3)c(Sc3ccc(C(C)(C)c4ccccc4)cc3)c3c(Sc4ccc(C(C)(C)c5ccccc5)cc4)c(Sc4ccc(C(C)(C)c5ccccc5)cc4)c(Sc4ccc(C(C)(C)c5ccccc5)cc4)c(Sc4ccc(C(C)(C)c5ccccc5)cc4)c3c2Sc2ccc(C(C)(C)c3ccccc3)cc2)cc1. The fraction of sp³-hybridized carbons (Fsp3) is 0.185. The van der Waals surface area contributed by atoms with E-state index in [2.05, 4.69) is 548 Å². The monoisotopic (exact) mass is 1940 g/mol. The lowest BCUT2D eigenvalue weighted by Crippen LogP contribution is -2.18. The van der Waals surface area contributed by atoms with E-state index in [0.29, 0.717) is 0 Å². The molecule has 0 aliphatic heterocycles. The molecule has 0 fully saturated rings. The molecule has 688 valence electrons. The van der Waals surface area contributed by atoms with Gasteiger partial charge in [-0.3, -0.25) is 0 Å². The first-order valence-electron chi connectivity index (χ1n) is 47.9. The highest BCUT2D eigenvalue weighted by molar-refractivity contribution is 8.06. The second kappa shape index (κ2) is 41.1. The van der Waals surface area contributed by atoms with Gasteiger partial charge < -0.3 is 0 Å². The van der Waals surface area contributed by atoms with Gasteiger partial charge in [0.25, 0.3) is 0 Å². The van der Waals surface area contributed by atoms with Gasteiger partial charge in [-0.25, -0.2) is 0 Å². The second-order valence-electron chi connectivity index (χ2n) is 40.3. The van der Waals surface area contributed by atoms with Crippen molar-refractivity contribution < 1.29 is 0 Å². The van der Waals surface area contributed by atoms with Crippen LogP contribution in [-0.2, 0) is 43.3 Å². The molecule has 0 atom stereocenters. The average molecular weight is 1940 g/mol. The summed E-state index contributed by atoms with van der Waals surface area (Å²) in [4.78, 5) is 18.6. The van der Waals surface area contributed by atoms with E-state index < -0.39 is 0 Å². The summed E-state index contributed by atoms with van der Waals surface area (Å²) in [5, 5.41) is 2.40. The molecule has 0 aliphatic rings. The van der Waals surface area contributed by atoms with Crippen LogP contribution >= 0.6 is 94.1 Å². The van der Waals surface area contributed by atoms with Crippen molar-refractivity contribution in [3.63, 3.8) is 0 Å². The molecule has 0 amide bonds. The highest BCUT2D eigenvalue weighted by Crippen LogP contribution is 2.64. The maximum Gasteiger partial charge on any atom is 0.0420 e. The van der Waals surface area contributed by atoms with Gasteiger partial charge in [-0.05, 0) is 186 Å². The number of hydrogen-bond donors (Lipinski definition) is 0. The van der Waals surface area contributed by atoms with E-state index in [4.69, 9.17) is 0 Å². The van der Waals surface area contributed by atoms with Crippen molar-refractivity contribution in [1.29, 1.82) is 0 Å². The first-order chi connectivity index (χ1) is 66.4. The average Bonchev–Trinajstić information content (AvgIpc) is 0.707. The zero-order chi connectivity index (χ0) is 96.2. The van der Waals surface area contributed by atoms with E-state index >= 15 is 0 Å².